The second kappa shape index (κ2) is 5.70. The van der Waals surface area contributed by atoms with Gasteiger partial charge in [0.25, 0.3) is 5.91 Å². The fourth-order valence-corrected chi connectivity index (χ4v) is 1.43. The van der Waals surface area contributed by atoms with Crippen LogP contribution in [0.3, 0.4) is 0 Å². The van der Waals surface area contributed by atoms with E-state index in [1.807, 2.05) is 0 Å². The first-order valence-electron chi connectivity index (χ1n) is 5.25. The maximum atomic E-state index is 11.5. The van der Waals surface area contributed by atoms with E-state index in [1.54, 1.807) is 12.1 Å². The number of nitrogens with zero attached hydrogens (tertiary/aromatic N) is 1. The minimum Gasteiger partial charge on any atom is -0.397 e. The van der Waals surface area contributed by atoms with Crippen LogP contribution in [-0.2, 0) is 0 Å². The molecule has 0 aliphatic heterocycles. The van der Waals surface area contributed by atoms with Crippen LogP contribution in [0.5, 0.6) is 0 Å². The second-order valence-electron chi connectivity index (χ2n) is 3.96. The maximum Gasteiger partial charge on any atom is 0.269 e. The van der Waals surface area contributed by atoms with Crippen molar-refractivity contribution in [3.05, 3.63) is 24.0 Å². The van der Waals surface area contributed by atoms with Gasteiger partial charge in [0.1, 0.15) is 5.69 Å². The van der Waals surface area contributed by atoms with E-state index < -0.39 is 0 Å². The number of anilines is 1. The Kier molecular flexibility index (Phi) is 4.55. The first kappa shape index (κ1) is 12.8. The third kappa shape index (κ3) is 3.70. The van der Waals surface area contributed by atoms with E-state index in [0.717, 1.165) is 18.9 Å². The van der Waals surface area contributed by atoms with Crippen LogP contribution >= 0.6 is 12.4 Å². The molecule has 1 aromatic heterocycles. The Morgan fingerprint density at radius 1 is 1.50 bits per heavy atom. The average molecular weight is 242 g/mol. The highest BCUT2D eigenvalue weighted by Gasteiger charge is 2.20. The van der Waals surface area contributed by atoms with E-state index >= 15 is 0 Å². The summed E-state index contributed by atoms with van der Waals surface area (Å²) in [6, 6.07) is 3.32. The normalized spacial score (nSPS) is 14.0. The van der Waals surface area contributed by atoms with Crippen LogP contribution in [0.1, 0.15) is 29.8 Å². The van der Waals surface area contributed by atoms with Crippen molar-refractivity contribution in [1.29, 1.82) is 0 Å². The zero-order valence-corrected chi connectivity index (χ0v) is 9.80. The number of hydrogen-bond acceptors (Lipinski definition) is 3. The van der Waals surface area contributed by atoms with Gasteiger partial charge in [0.2, 0.25) is 0 Å². The van der Waals surface area contributed by atoms with Crippen LogP contribution in [0.15, 0.2) is 18.3 Å². The SMILES string of the molecule is Cl.Nc1ccc(C(=O)NCCC2CC2)nc1. The van der Waals surface area contributed by atoms with Gasteiger partial charge in [-0.15, -0.1) is 12.4 Å². The number of aromatic nitrogens is 1. The monoisotopic (exact) mass is 241 g/mol. The van der Waals surface area contributed by atoms with Crippen LogP contribution in [-0.4, -0.2) is 17.4 Å². The largest absolute Gasteiger partial charge is 0.397 e. The summed E-state index contributed by atoms with van der Waals surface area (Å²) in [5.74, 6) is 0.723. The van der Waals surface area contributed by atoms with Gasteiger partial charge in [0.15, 0.2) is 0 Å². The molecule has 1 aliphatic carbocycles. The molecule has 2 rings (SSSR count). The molecule has 0 bridgehead atoms. The molecule has 4 nitrogen and oxygen atoms in total. The highest BCUT2D eigenvalue weighted by Crippen LogP contribution is 2.31. The summed E-state index contributed by atoms with van der Waals surface area (Å²) in [5.41, 5.74) is 6.48. The minimum atomic E-state index is -0.115. The lowest BCUT2D eigenvalue weighted by Crippen LogP contribution is -2.25. The minimum absolute atomic E-state index is 0. The number of nitrogens with two attached hydrogens (primary N) is 1. The van der Waals surface area contributed by atoms with E-state index in [2.05, 4.69) is 10.3 Å². The van der Waals surface area contributed by atoms with Crippen LogP contribution in [0, 0.1) is 5.92 Å². The molecule has 1 fully saturated rings. The van der Waals surface area contributed by atoms with Crippen molar-refractivity contribution in [2.45, 2.75) is 19.3 Å². The van der Waals surface area contributed by atoms with Gasteiger partial charge in [0.05, 0.1) is 11.9 Å². The van der Waals surface area contributed by atoms with Crippen molar-refractivity contribution in [3.63, 3.8) is 0 Å². The zero-order valence-electron chi connectivity index (χ0n) is 8.98. The van der Waals surface area contributed by atoms with Crippen molar-refractivity contribution in [3.8, 4) is 0 Å². The summed E-state index contributed by atoms with van der Waals surface area (Å²) >= 11 is 0. The Hall–Kier alpha value is -1.29. The zero-order chi connectivity index (χ0) is 10.7. The smallest absolute Gasteiger partial charge is 0.269 e. The van der Waals surface area contributed by atoms with Gasteiger partial charge >= 0.3 is 0 Å². The number of carbonyl (C=O) groups excluding carboxylic acids is 1. The van der Waals surface area contributed by atoms with Gasteiger partial charge in [0, 0.05) is 6.54 Å². The molecule has 1 saturated carbocycles. The standard InChI is InChI=1S/C11H15N3O.ClH/c12-9-3-4-10(14-7-9)11(15)13-6-5-8-1-2-8;/h3-4,7-8H,1-2,5-6,12H2,(H,13,15);1H. The molecule has 0 spiro atoms. The van der Waals surface area contributed by atoms with Gasteiger partial charge in [-0.3, -0.25) is 4.79 Å². The molecule has 0 saturated heterocycles. The number of rotatable bonds is 4. The summed E-state index contributed by atoms with van der Waals surface area (Å²) < 4.78 is 0. The lowest BCUT2D eigenvalue weighted by Gasteiger charge is -2.03. The van der Waals surface area contributed by atoms with E-state index in [9.17, 15) is 4.79 Å². The molecule has 0 radical (unpaired) electrons. The number of hydrogen-bond donors (Lipinski definition) is 2. The third-order valence-corrected chi connectivity index (χ3v) is 2.55. The molecule has 0 aromatic carbocycles. The summed E-state index contributed by atoms with van der Waals surface area (Å²) in [4.78, 5) is 15.5. The van der Waals surface area contributed by atoms with Gasteiger partial charge in [-0.25, -0.2) is 4.98 Å². The van der Waals surface area contributed by atoms with Crippen molar-refractivity contribution in [2.24, 2.45) is 5.92 Å². The van der Waals surface area contributed by atoms with E-state index in [1.165, 1.54) is 19.0 Å². The van der Waals surface area contributed by atoms with Crippen molar-refractivity contribution in [1.82, 2.24) is 10.3 Å². The number of nitrogen functional groups attached to an aromatic ring is 1. The molecule has 1 heterocycles. The Bertz CT molecular complexity index is 349. The number of carbonyl (C=O) groups is 1. The predicted molar refractivity (Wildman–Crippen MR) is 65.6 cm³/mol. The summed E-state index contributed by atoms with van der Waals surface area (Å²) in [6.07, 6.45) is 5.21. The number of nitrogens with one attached hydrogen (secondary N) is 1. The van der Waals surface area contributed by atoms with Crippen LogP contribution in [0.2, 0.25) is 0 Å². The van der Waals surface area contributed by atoms with Gasteiger partial charge in [-0.2, -0.15) is 0 Å². The Balaban J connectivity index is 0.00000128. The second-order valence-corrected chi connectivity index (χ2v) is 3.96. The molecule has 3 N–H and O–H groups in total. The number of halogens is 1. The van der Waals surface area contributed by atoms with E-state index in [0.29, 0.717) is 11.4 Å². The highest BCUT2D eigenvalue weighted by atomic mass is 35.5. The summed E-state index contributed by atoms with van der Waals surface area (Å²) in [7, 11) is 0. The van der Waals surface area contributed by atoms with E-state index in [-0.39, 0.29) is 18.3 Å². The predicted octanol–water partition coefficient (Wildman–Crippen LogP) is 1.62. The lowest BCUT2D eigenvalue weighted by atomic mass is 10.3. The van der Waals surface area contributed by atoms with Gasteiger partial charge in [-0.1, -0.05) is 12.8 Å². The molecule has 0 unspecified atom stereocenters. The average Bonchev–Trinajstić information content (AvgIpc) is 3.02. The third-order valence-electron chi connectivity index (χ3n) is 2.55. The van der Waals surface area contributed by atoms with Crippen molar-refractivity contribution in [2.75, 3.05) is 12.3 Å². The van der Waals surface area contributed by atoms with Crippen LogP contribution in [0.4, 0.5) is 5.69 Å². The van der Waals surface area contributed by atoms with Crippen LogP contribution < -0.4 is 11.1 Å². The molecule has 88 valence electrons. The number of pyridine rings is 1. The molecule has 1 aliphatic rings. The fourth-order valence-electron chi connectivity index (χ4n) is 1.43. The Morgan fingerprint density at radius 3 is 2.81 bits per heavy atom. The fraction of sp³-hybridized carbons (Fsp3) is 0.455. The number of amides is 1. The Morgan fingerprint density at radius 2 is 2.25 bits per heavy atom. The summed E-state index contributed by atoms with van der Waals surface area (Å²) in [5, 5.41) is 2.85. The first-order valence-corrected chi connectivity index (χ1v) is 5.25. The van der Waals surface area contributed by atoms with E-state index in [4.69, 9.17) is 5.73 Å². The molecule has 5 heteroatoms. The van der Waals surface area contributed by atoms with Gasteiger partial charge in [-0.05, 0) is 24.5 Å². The first-order chi connectivity index (χ1) is 7.25. The topological polar surface area (TPSA) is 68.0 Å². The van der Waals surface area contributed by atoms with Crippen molar-refractivity contribution < 1.29 is 4.79 Å². The summed E-state index contributed by atoms with van der Waals surface area (Å²) in [6.45, 7) is 0.746. The quantitative estimate of drug-likeness (QED) is 0.842. The maximum absolute atomic E-state index is 11.5. The molecular weight excluding hydrogens is 226 g/mol. The van der Waals surface area contributed by atoms with Crippen LogP contribution in [0.25, 0.3) is 0 Å². The highest BCUT2D eigenvalue weighted by molar-refractivity contribution is 5.92. The van der Waals surface area contributed by atoms with Gasteiger partial charge < -0.3 is 11.1 Å². The molecule has 0 atom stereocenters. The molecule has 1 amide bonds. The molecule has 16 heavy (non-hydrogen) atoms. The van der Waals surface area contributed by atoms with Crippen molar-refractivity contribution >= 4 is 24.0 Å². The molecular formula is C11H16ClN3O. The lowest BCUT2D eigenvalue weighted by molar-refractivity contribution is 0.0948. The Labute approximate surface area is 101 Å². The molecule has 1 aromatic rings.